The van der Waals surface area contributed by atoms with Crippen LogP contribution >= 0.6 is 0 Å². The summed E-state index contributed by atoms with van der Waals surface area (Å²) in [7, 11) is 0. The number of benzene rings is 1. The summed E-state index contributed by atoms with van der Waals surface area (Å²) in [6, 6.07) is 8.80. The molecule has 0 saturated carbocycles. The van der Waals surface area contributed by atoms with Gasteiger partial charge in [-0.25, -0.2) is 0 Å². The molecule has 2 aliphatic rings. The summed E-state index contributed by atoms with van der Waals surface area (Å²) in [5.41, 5.74) is 4.69. The molecule has 0 bridgehead atoms. The van der Waals surface area contributed by atoms with Gasteiger partial charge in [-0.15, -0.1) is 0 Å². The van der Waals surface area contributed by atoms with Crippen molar-refractivity contribution in [2.45, 2.75) is 18.8 Å². The van der Waals surface area contributed by atoms with Gasteiger partial charge in [0.15, 0.2) is 0 Å². The Morgan fingerprint density at radius 1 is 1.29 bits per heavy atom. The van der Waals surface area contributed by atoms with Crippen molar-refractivity contribution in [3.63, 3.8) is 0 Å². The van der Waals surface area contributed by atoms with Gasteiger partial charge in [0, 0.05) is 12.5 Å². The van der Waals surface area contributed by atoms with E-state index in [1.165, 1.54) is 19.4 Å². The van der Waals surface area contributed by atoms with E-state index >= 15 is 0 Å². The van der Waals surface area contributed by atoms with Gasteiger partial charge in [0.25, 0.3) is 0 Å². The Kier molecular flexibility index (Phi) is 1.91. The molecule has 3 rings (SSSR count). The van der Waals surface area contributed by atoms with Crippen molar-refractivity contribution >= 4 is 0 Å². The first-order valence-corrected chi connectivity index (χ1v) is 5.41. The Morgan fingerprint density at radius 2 is 2.21 bits per heavy atom. The predicted octanol–water partition coefficient (Wildman–Crippen LogP) is 2.25. The number of hydrogen-bond acceptors (Lipinski definition) is 1. The third-order valence-electron chi connectivity index (χ3n) is 3.31. The summed E-state index contributed by atoms with van der Waals surface area (Å²) in [5.74, 6) is 0.709. The second kappa shape index (κ2) is 3.25. The quantitative estimate of drug-likeness (QED) is 0.662. The zero-order valence-electron chi connectivity index (χ0n) is 8.29. The van der Waals surface area contributed by atoms with Crippen LogP contribution in [-0.4, -0.2) is 13.1 Å². The van der Waals surface area contributed by atoms with Gasteiger partial charge in [0.1, 0.15) is 0 Å². The average Bonchev–Trinajstić information content (AvgIpc) is 2.67. The summed E-state index contributed by atoms with van der Waals surface area (Å²) in [5, 5.41) is 3.38. The van der Waals surface area contributed by atoms with Crippen molar-refractivity contribution in [2.24, 2.45) is 0 Å². The van der Waals surface area contributed by atoms with Crippen molar-refractivity contribution in [3.05, 3.63) is 47.0 Å². The Bertz CT molecular complexity index is 371. The molecule has 0 amide bonds. The fourth-order valence-corrected chi connectivity index (χ4v) is 2.46. The molecule has 1 saturated heterocycles. The molecule has 1 heterocycles. The molecule has 1 aromatic carbocycles. The Morgan fingerprint density at radius 3 is 3.00 bits per heavy atom. The van der Waals surface area contributed by atoms with Gasteiger partial charge in [0.2, 0.25) is 0 Å². The monoisotopic (exact) mass is 185 g/mol. The first kappa shape index (κ1) is 8.25. The fourth-order valence-electron chi connectivity index (χ4n) is 2.46. The zero-order valence-corrected chi connectivity index (χ0v) is 8.29. The van der Waals surface area contributed by atoms with Crippen LogP contribution in [-0.2, 0) is 6.42 Å². The lowest BCUT2D eigenvalue weighted by Crippen LogP contribution is -2.15. The Labute approximate surface area is 84.8 Å². The number of allylic oxidation sites excluding steroid dienone is 1. The third-order valence-corrected chi connectivity index (χ3v) is 3.31. The summed E-state index contributed by atoms with van der Waals surface area (Å²) >= 11 is 0. The molecule has 0 radical (unpaired) electrons. The minimum Gasteiger partial charge on any atom is -0.313 e. The van der Waals surface area contributed by atoms with E-state index in [2.05, 4.69) is 35.7 Å². The van der Waals surface area contributed by atoms with Crippen LogP contribution in [0.4, 0.5) is 0 Å². The highest BCUT2D eigenvalue weighted by atomic mass is 14.9. The highest BCUT2D eigenvalue weighted by Gasteiger charge is 2.23. The molecule has 0 spiro atoms. The lowest BCUT2D eigenvalue weighted by Gasteiger charge is -2.28. The molecular weight excluding hydrogens is 170 g/mol. The van der Waals surface area contributed by atoms with E-state index in [0.717, 1.165) is 6.54 Å². The molecule has 14 heavy (non-hydrogen) atoms. The minimum absolute atomic E-state index is 0.709. The van der Waals surface area contributed by atoms with Crippen molar-refractivity contribution in [3.8, 4) is 0 Å². The van der Waals surface area contributed by atoms with Crippen LogP contribution in [0.25, 0.3) is 0 Å². The maximum atomic E-state index is 3.38. The standard InChI is InChI=1S/C13H15N/c1-2-4-13-11(3-1)8-12(13)7-10-5-6-14-9-10/h1-4,7,12,14H,5-6,8-9H2. The van der Waals surface area contributed by atoms with Gasteiger partial charge in [-0.3, -0.25) is 0 Å². The molecule has 1 heteroatoms. The lowest BCUT2D eigenvalue weighted by atomic mass is 9.77. The predicted molar refractivity (Wildman–Crippen MR) is 58.5 cm³/mol. The van der Waals surface area contributed by atoms with E-state index in [1.54, 1.807) is 16.7 Å². The third kappa shape index (κ3) is 1.28. The molecule has 1 unspecified atom stereocenters. The summed E-state index contributed by atoms with van der Waals surface area (Å²) in [6.07, 6.45) is 4.97. The zero-order chi connectivity index (χ0) is 9.38. The van der Waals surface area contributed by atoms with E-state index in [4.69, 9.17) is 0 Å². The molecule has 1 atom stereocenters. The highest BCUT2D eigenvalue weighted by Crippen LogP contribution is 2.36. The summed E-state index contributed by atoms with van der Waals surface area (Å²) in [6.45, 7) is 2.28. The SMILES string of the molecule is C(=C1CCNC1)C1Cc2ccccc21. The molecule has 1 fully saturated rings. The maximum Gasteiger partial charge on any atom is 0.0165 e. The maximum absolute atomic E-state index is 3.38. The fraction of sp³-hybridized carbons (Fsp3) is 0.385. The van der Waals surface area contributed by atoms with Crippen molar-refractivity contribution in [2.75, 3.05) is 13.1 Å². The smallest absolute Gasteiger partial charge is 0.0165 e. The topological polar surface area (TPSA) is 12.0 Å². The van der Waals surface area contributed by atoms with Crippen LogP contribution in [0.3, 0.4) is 0 Å². The van der Waals surface area contributed by atoms with Crippen molar-refractivity contribution in [1.29, 1.82) is 0 Å². The van der Waals surface area contributed by atoms with Crippen molar-refractivity contribution in [1.82, 2.24) is 5.32 Å². The van der Waals surface area contributed by atoms with E-state index in [9.17, 15) is 0 Å². The van der Waals surface area contributed by atoms with Crippen LogP contribution in [0.2, 0.25) is 0 Å². The largest absolute Gasteiger partial charge is 0.313 e. The second-order valence-corrected chi connectivity index (χ2v) is 4.26. The Hall–Kier alpha value is -1.08. The summed E-state index contributed by atoms with van der Waals surface area (Å²) < 4.78 is 0. The molecule has 72 valence electrons. The second-order valence-electron chi connectivity index (χ2n) is 4.26. The number of rotatable bonds is 1. The Balaban J connectivity index is 1.82. The van der Waals surface area contributed by atoms with Gasteiger partial charge >= 0.3 is 0 Å². The van der Waals surface area contributed by atoms with E-state index in [-0.39, 0.29) is 0 Å². The minimum atomic E-state index is 0.709. The van der Waals surface area contributed by atoms with Crippen LogP contribution in [0.5, 0.6) is 0 Å². The van der Waals surface area contributed by atoms with Gasteiger partial charge in [-0.1, -0.05) is 35.9 Å². The molecule has 1 N–H and O–H groups in total. The summed E-state index contributed by atoms with van der Waals surface area (Å²) in [4.78, 5) is 0. The van der Waals surface area contributed by atoms with Gasteiger partial charge in [-0.2, -0.15) is 0 Å². The molecule has 1 aliphatic carbocycles. The van der Waals surface area contributed by atoms with Gasteiger partial charge in [-0.05, 0) is 30.5 Å². The van der Waals surface area contributed by atoms with Crippen LogP contribution in [0.15, 0.2) is 35.9 Å². The van der Waals surface area contributed by atoms with E-state index < -0.39 is 0 Å². The van der Waals surface area contributed by atoms with Gasteiger partial charge < -0.3 is 5.32 Å². The van der Waals surface area contributed by atoms with E-state index in [0.29, 0.717) is 5.92 Å². The normalized spacial score (nSPS) is 27.4. The lowest BCUT2D eigenvalue weighted by molar-refractivity contribution is 0.724. The molecule has 1 aliphatic heterocycles. The highest BCUT2D eigenvalue weighted by molar-refractivity contribution is 5.43. The van der Waals surface area contributed by atoms with Gasteiger partial charge in [0.05, 0.1) is 0 Å². The van der Waals surface area contributed by atoms with Crippen molar-refractivity contribution < 1.29 is 0 Å². The number of hydrogen-bond donors (Lipinski definition) is 1. The van der Waals surface area contributed by atoms with Crippen LogP contribution in [0, 0.1) is 0 Å². The number of nitrogens with one attached hydrogen (secondary N) is 1. The molecular formula is C13H15N. The molecule has 1 nitrogen and oxygen atoms in total. The molecule has 1 aromatic rings. The first-order valence-electron chi connectivity index (χ1n) is 5.41. The van der Waals surface area contributed by atoms with Crippen LogP contribution < -0.4 is 5.32 Å². The average molecular weight is 185 g/mol. The molecule has 0 aromatic heterocycles. The van der Waals surface area contributed by atoms with E-state index in [1.807, 2.05) is 0 Å². The first-order chi connectivity index (χ1) is 6.93. The number of fused-ring (bicyclic) bond motifs is 1. The van der Waals surface area contributed by atoms with Crippen LogP contribution in [0.1, 0.15) is 23.5 Å².